The number of benzene rings is 1. The van der Waals surface area contributed by atoms with Crippen LogP contribution < -0.4 is 4.74 Å². The first-order chi connectivity index (χ1) is 9.72. The van der Waals surface area contributed by atoms with Gasteiger partial charge < -0.3 is 14.6 Å². The molecule has 4 heteroatoms. The molecule has 2 aliphatic rings. The lowest BCUT2D eigenvalue weighted by Gasteiger charge is -2.27. The predicted molar refractivity (Wildman–Crippen MR) is 77.0 cm³/mol. The van der Waals surface area contributed by atoms with Crippen molar-refractivity contribution in [2.45, 2.75) is 25.0 Å². The smallest absolute Gasteiger partial charge is 0.119 e. The van der Waals surface area contributed by atoms with E-state index in [1.54, 1.807) is 14.2 Å². The summed E-state index contributed by atoms with van der Waals surface area (Å²) in [6.07, 6.45) is 1.69. The molecule has 0 bridgehead atoms. The molecule has 4 nitrogen and oxygen atoms in total. The zero-order chi connectivity index (χ0) is 14.1. The largest absolute Gasteiger partial charge is 0.497 e. The van der Waals surface area contributed by atoms with Crippen LogP contribution in [0, 0.1) is 5.92 Å². The molecule has 3 atom stereocenters. The van der Waals surface area contributed by atoms with Crippen LogP contribution in [0.25, 0.3) is 0 Å². The Labute approximate surface area is 120 Å². The number of likely N-dealkylation sites (tertiary alicyclic amines) is 1. The SMILES string of the molecule is COCC1CCN(C2Cc3ccc(OC)cc3C2O)C1. The predicted octanol–water partition coefficient (Wildman–Crippen LogP) is 1.62. The minimum absolute atomic E-state index is 0.207. The maximum absolute atomic E-state index is 10.6. The number of fused-ring (bicyclic) bond motifs is 1. The van der Waals surface area contributed by atoms with Crippen LogP contribution in [0.15, 0.2) is 18.2 Å². The number of hydrogen-bond donors (Lipinski definition) is 1. The number of nitrogens with zero attached hydrogens (tertiary/aromatic N) is 1. The number of ether oxygens (including phenoxy) is 2. The van der Waals surface area contributed by atoms with E-state index in [4.69, 9.17) is 9.47 Å². The molecule has 110 valence electrons. The molecule has 1 aliphatic carbocycles. The summed E-state index contributed by atoms with van der Waals surface area (Å²) >= 11 is 0. The number of methoxy groups -OCH3 is 2. The highest BCUT2D eigenvalue weighted by atomic mass is 16.5. The molecule has 1 N–H and O–H groups in total. The highest BCUT2D eigenvalue weighted by Crippen LogP contribution is 2.38. The van der Waals surface area contributed by atoms with Crippen molar-refractivity contribution in [1.29, 1.82) is 0 Å². The van der Waals surface area contributed by atoms with Gasteiger partial charge in [0.05, 0.1) is 19.8 Å². The van der Waals surface area contributed by atoms with Gasteiger partial charge in [0, 0.05) is 19.7 Å². The zero-order valence-electron chi connectivity index (χ0n) is 12.2. The summed E-state index contributed by atoms with van der Waals surface area (Å²) in [5.41, 5.74) is 2.28. The van der Waals surface area contributed by atoms with Crippen molar-refractivity contribution in [3.63, 3.8) is 0 Å². The Hall–Kier alpha value is -1.10. The van der Waals surface area contributed by atoms with Gasteiger partial charge in [-0.3, -0.25) is 4.90 Å². The van der Waals surface area contributed by atoms with Crippen LogP contribution in [0.1, 0.15) is 23.7 Å². The van der Waals surface area contributed by atoms with Crippen LogP contribution in [0.5, 0.6) is 5.75 Å². The summed E-state index contributed by atoms with van der Waals surface area (Å²) in [6.45, 7) is 2.90. The Morgan fingerprint density at radius 3 is 2.95 bits per heavy atom. The summed E-state index contributed by atoms with van der Waals surface area (Å²) in [4.78, 5) is 2.42. The van der Waals surface area contributed by atoms with Gasteiger partial charge in [-0.2, -0.15) is 0 Å². The van der Waals surface area contributed by atoms with E-state index in [0.29, 0.717) is 5.92 Å². The molecule has 0 saturated carbocycles. The van der Waals surface area contributed by atoms with Crippen molar-refractivity contribution in [2.75, 3.05) is 33.9 Å². The molecular formula is C16H23NO3. The average Bonchev–Trinajstić information content (AvgIpc) is 3.04. The fourth-order valence-corrected chi connectivity index (χ4v) is 3.57. The second kappa shape index (κ2) is 5.72. The van der Waals surface area contributed by atoms with E-state index in [1.165, 1.54) is 5.56 Å². The lowest BCUT2D eigenvalue weighted by Crippen LogP contribution is -2.36. The van der Waals surface area contributed by atoms with E-state index in [-0.39, 0.29) is 6.04 Å². The molecular weight excluding hydrogens is 254 g/mol. The quantitative estimate of drug-likeness (QED) is 0.908. The molecule has 3 unspecified atom stereocenters. The second-order valence-corrected chi connectivity index (χ2v) is 5.89. The summed E-state index contributed by atoms with van der Waals surface area (Å²) in [6, 6.07) is 6.24. The van der Waals surface area contributed by atoms with Gasteiger partial charge in [-0.15, -0.1) is 0 Å². The van der Waals surface area contributed by atoms with Crippen molar-refractivity contribution in [1.82, 2.24) is 4.90 Å². The van der Waals surface area contributed by atoms with Crippen LogP contribution in [0.4, 0.5) is 0 Å². The lowest BCUT2D eigenvalue weighted by molar-refractivity contribution is 0.0684. The Bertz CT molecular complexity index is 477. The van der Waals surface area contributed by atoms with Crippen molar-refractivity contribution in [2.24, 2.45) is 5.92 Å². The fraction of sp³-hybridized carbons (Fsp3) is 0.625. The van der Waals surface area contributed by atoms with Crippen LogP contribution in [0.3, 0.4) is 0 Å². The van der Waals surface area contributed by atoms with Gasteiger partial charge in [-0.05, 0) is 48.6 Å². The van der Waals surface area contributed by atoms with Crippen molar-refractivity contribution >= 4 is 0 Å². The molecule has 1 aromatic rings. The van der Waals surface area contributed by atoms with Gasteiger partial charge in [0.25, 0.3) is 0 Å². The second-order valence-electron chi connectivity index (χ2n) is 5.89. The minimum Gasteiger partial charge on any atom is -0.497 e. The third kappa shape index (κ3) is 2.43. The summed E-state index contributed by atoms with van der Waals surface area (Å²) in [5.74, 6) is 1.42. The molecule has 1 fully saturated rings. The maximum Gasteiger partial charge on any atom is 0.119 e. The topological polar surface area (TPSA) is 41.9 Å². The Balaban J connectivity index is 1.72. The molecule has 20 heavy (non-hydrogen) atoms. The molecule has 0 spiro atoms. The molecule has 0 aromatic heterocycles. The molecule has 1 heterocycles. The normalized spacial score (nSPS) is 29.6. The fourth-order valence-electron chi connectivity index (χ4n) is 3.57. The highest BCUT2D eigenvalue weighted by Gasteiger charge is 2.38. The van der Waals surface area contributed by atoms with Gasteiger partial charge in [-0.25, -0.2) is 0 Å². The lowest BCUT2D eigenvalue weighted by atomic mass is 10.1. The van der Waals surface area contributed by atoms with Crippen molar-refractivity contribution in [3.05, 3.63) is 29.3 Å². The third-order valence-electron chi connectivity index (χ3n) is 4.65. The highest BCUT2D eigenvalue weighted by molar-refractivity contribution is 5.41. The van der Waals surface area contributed by atoms with Gasteiger partial charge in [0.2, 0.25) is 0 Å². The summed E-state index contributed by atoms with van der Waals surface area (Å²) < 4.78 is 10.5. The number of hydrogen-bond acceptors (Lipinski definition) is 4. The first-order valence-electron chi connectivity index (χ1n) is 7.30. The van der Waals surface area contributed by atoms with Crippen LogP contribution in [-0.2, 0) is 11.2 Å². The monoisotopic (exact) mass is 277 g/mol. The van der Waals surface area contributed by atoms with Gasteiger partial charge in [0.1, 0.15) is 5.75 Å². The summed E-state index contributed by atoms with van der Waals surface area (Å²) in [5, 5.41) is 10.6. The van der Waals surface area contributed by atoms with Gasteiger partial charge in [-0.1, -0.05) is 6.07 Å². The Morgan fingerprint density at radius 2 is 2.20 bits per heavy atom. The van der Waals surface area contributed by atoms with Crippen LogP contribution in [0.2, 0.25) is 0 Å². The zero-order valence-corrected chi connectivity index (χ0v) is 12.2. The molecule has 0 radical (unpaired) electrons. The van der Waals surface area contributed by atoms with Crippen LogP contribution in [-0.4, -0.2) is 50.0 Å². The van der Waals surface area contributed by atoms with E-state index in [9.17, 15) is 5.11 Å². The Kier molecular flexibility index (Phi) is 3.96. The number of rotatable bonds is 4. The molecule has 1 aromatic carbocycles. The molecule has 1 aliphatic heterocycles. The van der Waals surface area contributed by atoms with Crippen molar-refractivity contribution < 1.29 is 14.6 Å². The van der Waals surface area contributed by atoms with Crippen molar-refractivity contribution in [3.8, 4) is 5.75 Å². The van der Waals surface area contributed by atoms with E-state index in [0.717, 1.165) is 43.9 Å². The molecule has 0 amide bonds. The number of aliphatic hydroxyl groups is 1. The first kappa shape index (κ1) is 13.9. The van der Waals surface area contributed by atoms with E-state index >= 15 is 0 Å². The van der Waals surface area contributed by atoms with E-state index in [2.05, 4.69) is 11.0 Å². The van der Waals surface area contributed by atoms with Crippen LogP contribution >= 0.6 is 0 Å². The van der Waals surface area contributed by atoms with Gasteiger partial charge >= 0.3 is 0 Å². The molecule has 3 rings (SSSR count). The first-order valence-corrected chi connectivity index (χ1v) is 7.30. The summed E-state index contributed by atoms with van der Waals surface area (Å²) in [7, 11) is 3.42. The number of aliphatic hydroxyl groups excluding tert-OH is 1. The van der Waals surface area contributed by atoms with E-state index < -0.39 is 6.10 Å². The standard InChI is InChI=1S/C16H23NO3/c1-19-10-11-5-6-17(9-11)15-7-12-3-4-13(20-2)8-14(12)16(15)18/h3-4,8,11,15-16,18H,5-7,9-10H2,1-2H3. The molecule has 1 saturated heterocycles. The average molecular weight is 277 g/mol. The maximum atomic E-state index is 10.6. The third-order valence-corrected chi connectivity index (χ3v) is 4.65. The Morgan fingerprint density at radius 1 is 1.35 bits per heavy atom. The van der Waals surface area contributed by atoms with E-state index in [1.807, 2.05) is 12.1 Å². The van der Waals surface area contributed by atoms with Gasteiger partial charge in [0.15, 0.2) is 0 Å². The minimum atomic E-state index is -0.401.